The summed E-state index contributed by atoms with van der Waals surface area (Å²) in [6, 6.07) is 18.5. The van der Waals surface area contributed by atoms with Crippen molar-refractivity contribution in [1.29, 1.82) is 0 Å². The summed E-state index contributed by atoms with van der Waals surface area (Å²) in [4.78, 5) is 33.4. The van der Waals surface area contributed by atoms with E-state index < -0.39 is 5.60 Å². The minimum absolute atomic E-state index is 0.145. The summed E-state index contributed by atoms with van der Waals surface area (Å²) in [5.74, 6) is -0.356. The summed E-state index contributed by atoms with van der Waals surface area (Å²) in [5, 5.41) is 17.8. The Bertz CT molecular complexity index is 1260. The smallest absolute Gasteiger partial charge is 0.275 e. The van der Waals surface area contributed by atoms with Crippen molar-refractivity contribution in [3.8, 4) is 11.3 Å². The molecule has 39 heavy (non-hydrogen) atoms. The lowest BCUT2D eigenvalue weighted by Gasteiger charge is -2.41. The Morgan fingerprint density at radius 2 is 1.87 bits per heavy atom. The normalized spacial score (nSPS) is 23.4. The van der Waals surface area contributed by atoms with Gasteiger partial charge in [0.05, 0.1) is 30.7 Å². The quantitative estimate of drug-likeness (QED) is 0.411. The molecule has 0 unspecified atom stereocenters. The van der Waals surface area contributed by atoms with Crippen LogP contribution in [0.4, 0.5) is 5.69 Å². The number of anilines is 1. The molecular formula is C30H37N5O4. The van der Waals surface area contributed by atoms with Gasteiger partial charge in [-0.15, -0.1) is 0 Å². The van der Waals surface area contributed by atoms with E-state index in [-0.39, 0.29) is 36.9 Å². The molecule has 0 radical (unpaired) electrons. The lowest BCUT2D eigenvalue weighted by atomic mass is 9.80. The maximum Gasteiger partial charge on any atom is 0.275 e. The van der Waals surface area contributed by atoms with Gasteiger partial charge in [0.25, 0.3) is 5.91 Å². The second-order valence-corrected chi connectivity index (χ2v) is 10.5. The van der Waals surface area contributed by atoms with E-state index in [2.05, 4.69) is 15.6 Å². The molecule has 5 rings (SSSR count). The Kier molecular flexibility index (Phi) is 8.40. The van der Waals surface area contributed by atoms with E-state index in [1.165, 1.54) is 0 Å². The predicted octanol–water partition coefficient (Wildman–Crippen LogP) is 3.49. The van der Waals surface area contributed by atoms with Crippen molar-refractivity contribution in [3.05, 3.63) is 72.7 Å². The van der Waals surface area contributed by atoms with Gasteiger partial charge >= 0.3 is 0 Å². The summed E-state index contributed by atoms with van der Waals surface area (Å²) in [5.41, 5.74) is 1.56. The van der Waals surface area contributed by atoms with Gasteiger partial charge in [0.15, 0.2) is 5.69 Å². The van der Waals surface area contributed by atoms with Crippen LogP contribution >= 0.6 is 0 Å². The number of para-hydroxylation sites is 1. The number of benzene rings is 2. The van der Waals surface area contributed by atoms with Crippen LogP contribution in [0, 0.1) is 0 Å². The average molecular weight is 532 g/mol. The topological polar surface area (TPSA) is 109 Å². The van der Waals surface area contributed by atoms with Gasteiger partial charge in [0, 0.05) is 44.4 Å². The monoisotopic (exact) mass is 531 g/mol. The third-order valence-corrected chi connectivity index (χ3v) is 7.82. The lowest BCUT2D eigenvalue weighted by Crippen LogP contribution is -2.54. The highest BCUT2D eigenvalue weighted by Gasteiger charge is 2.42. The van der Waals surface area contributed by atoms with E-state index in [1.54, 1.807) is 18.3 Å². The first-order valence-corrected chi connectivity index (χ1v) is 13.7. The molecular weight excluding hydrogens is 494 g/mol. The van der Waals surface area contributed by atoms with Crippen LogP contribution in [0.15, 0.2) is 67.0 Å². The molecule has 2 fully saturated rings. The molecule has 3 atom stereocenters. The Hall–Kier alpha value is -3.53. The van der Waals surface area contributed by atoms with E-state index >= 15 is 0 Å². The van der Waals surface area contributed by atoms with E-state index in [0.717, 1.165) is 30.5 Å². The minimum atomic E-state index is -1.05. The molecule has 0 bridgehead atoms. The summed E-state index contributed by atoms with van der Waals surface area (Å²) in [6.45, 7) is 1.84. The third-order valence-electron chi connectivity index (χ3n) is 7.82. The fraction of sp³-hybridized carbons (Fsp3) is 0.433. The van der Waals surface area contributed by atoms with E-state index in [4.69, 9.17) is 4.74 Å². The zero-order valence-corrected chi connectivity index (χ0v) is 22.4. The van der Waals surface area contributed by atoms with Crippen LogP contribution in [0.3, 0.4) is 0 Å². The molecule has 3 aromatic rings. The van der Waals surface area contributed by atoms with Gasteiger partial charge in [-0.2, -0.15) is 0 Å². The van der Waals surface area contributed by atoms with Crippen LogP contribution in [-0.2, 0) is 9.53 Å². The summed E-state index contributed by atoms with van der Waals surface area (Å²) < 4.78 is 7.39. The number of aliphatic hydroxyl groups is 1. The molecule has 1 aliphatic heterocycles. The number of rotatable bonds is 8. The number of amides is 2. The van der Waals surface area contributed by atoms with Crippen LogP contribution in [-0.4, -0.2) is 76.4 Å². The van der Waals surface area contributed by atoms with Crippen molar-refractivity contribution in [2.75, 3.05) is 38.7 Å². The number of methoxy groups -OCH3 is 1. The number of carbonyl (C=O) groups excluding carboxylic acids is 2. The van der Waals surface area contributed by atoms with Crippen LogP contribution in [0.25, 0.3) is 11.3 Å². The standard InChI is InChI=1S/C30H37N5O4/c1-39-20-30(38)15-9-8-14-25(30)35-21-32-27(28(35)22-10-4-2-5-11-22)29(37)34-17-16-31-19-24(34)18-26(36)33-23-12-6-3-7-13-23/h2-7,10-13,21,24-25,31,38H,8-9,14-20H2,1H3,(H,33,36)/t24-,25-,30-/m1/s1. The second-order valence-electron chi connectivity index (χ2n) is 10.5. The number of hydrogen-bond donors (Lipinski definition) is 3. The Labute approximate surface area is 229 Å². The highest BCUT2D eigenvalue weighted by atomic mass is 16.5. The van der Waals surface area contributed by atoms with Crippen LogP contribution in [0.1, 0.15) is 48.6 Å². The molecule has 9 nitrogen and oxygen atoms in total. The summed E-state index contributed by atoms with van der Waals surface area (Å²) in [7, 11) is 1.60. The predicted molar refractivity (Wildman–Crippen MR) is 149 cm³/mol. The van der Waals surface area contributed by atoms with Gasteiger partial charge in [-0.1, -0.05) is 61.4 Å². The number of imidazole rings is 1. The van der Waals surface area contributed by atoms with Crippen LogP contribution in [0.5, 0.6) is 0 Å². The molecule has 1 saturated heterocycles. The SMILES string of the molecule is COC[C@]1(O)CCCC[C@H]1n1cnc(C(=O)N2CCNC[C@H]2CC(=O)Nc2ccccc2)c1-c1ccccc1. The van der Waals surface area contributed by atoms with Crippen LogP contribution < -0.4 is 10.6 Å². The van der Waals surface area contributed by atoms with Crippen molar-refractivity contribution in [2.45, 2.75) is 49.8 Å². The zero-order valence-electron chi connectivity index (χ0n) is 22.4. The number of aromatic nitrogens is 2. The summed E-state index contributed by atoms with van der Waals surface area (Å²) in [6.07, 6.45) is 5.14. The first-order chi connectivity index (χ1) is 19.0. The minimum Gasteiger partial charge on any atom is -0.385 e. The van der Waals surface area contributed by atoms with Crippen LogP contribution in [0.2, 0.25) is 0 Å². The zero-order chi connectivity index (χ0) is 27.2. The van der Waals surface area contributed by atoms with Crippen molar-refractivity contribution >= 4 is 17.5 Å². The second kappa shape index (κ2) is 12.1. The number of hydrogen-bond acceptors (Lipinski definition) is 6. The lowest BCUT2D eigenvalue weighted by molar-refractivity contribution is -0.117. The fourth-order valence-corrected chi connectivity index (χ4v) is 5.95. The van der Waals surface area contributed by atoms with E-state index in [1.807, 2.05) is 65.2 Å². The molecule has 2 aromatic carbocycles. The Morgan fingerprint density at radius 1 is 1.13 bits per heavy atom. The Morgan fingerprint density at radius 3 is 2.62 bits per heavy atom. The number of nitrogens with one attached hydrogen (secondary N) is 2. The number of piperazine rings is 1. The summed E-state index contributed by atoms with van der Waals surface area (Å²) >= 11 is 0. The molecule has 2 heterocycles. The van der Waals surface area contributed by atoms with Crippen molar-refractivity contribution < 1.29 is 19.4 Å². The van der Waals surface area contributed by atoms with Gasteiger partial charge in [0.1, 0.15) is 5.60 Å². The molecule has 1 saturated carbocycles. The van der Waals surface area contributed by atoms with Gasteiger partial charge in [-0.3, -0.25) is 9.59 Å². The van der Waals surface area contributed by atoms with E-state index in [9.17, 15) is 14.7 Å². The molecule has 1 aromatic heterocycles. The highest BCUT2D eigenvalue weighted by Crippen LogP contribution is 2.41. The van der Waals surface area contributed by atoms with Gasteiger partial charge in [0.2, 0.25) is 5.91 Å². The molecule has 2 amide bonds. The number of nitrogens with zero attached hydrogens (tertiary/aromatic N) is 3. The number of carbonyl (C=O) groups is 2. The molecule has 1 aliphatic carbocycles. The fourth-order valence-electron chi connectivity index (χ4n) is 5.95. The van der Waals surface area contributed by atoms with E-state index in [0.29, 0.717) is 37.4 Å². The van der Waals surface area contributed by atoms with Crippen molar-refractivity contribution in [3.63, 3.8) is 0 Å². The van der Waals surface area contributed by atoms with Gasteiger partial charge < -0.3 is 29.9 Å². The van der Waals surface area contributed by atoms with Gasteiger partial charge in [-0.25, -0.2) is 4.98 Å². The number of ether oxygens (including phenoxy) is 1. The van der Waals surface area contributed by atoms with Crippen molar-refractivity contribution in [2.24, 2.45) is 0 Å². The molecule has 9 heteroatoms. The highest BCUT2D eigenvalue weighted by molar-refractivity contribution is 5.99. The molecule has 2 aliphatic rings. The maximum atomic E-state index is 14.1. The molecule has 3 N–H and O–H groups in total. The van der Waals surface area contributed by atoms with Crippen molar-refractivity contribution in [1.82, 2.24) is 19.8 Å². The maximum absolute atomic E-state index is 14.1. The Balaban J connectivity index is 1.46. The third kappa shape index (κ3) is 5.90. The van der Waals surface area contributed by atoms with Gasteiger partial charge in [-0.05, 0) is 25.0 Å². The molecule has 0 spiro atoms. The molecule has 206 valence electrons. The average Bonchev–Trinajstić information content (AvgIpc) is 3.39. The first kappa shape index (κ1) is 27.1. The first-order valence-electron chi connectivity index (χ1n) is 13.7. The largest absolute Gasteiger partial charge is 0.385 e.